The van der Waals surface area contributed by atoms with Crippen LogP contribution in [0.2, 0.25) is 5.02 Å². The summed E-state index contributed by atoms with van der Waals surface area (Å²) in [4.78, 5) is 16.7. The molecule has 3 aromatic rings. The number of esters is 1. The minimum Gasteiger partial charge on any atom is -0.497 e. The van der Waals surface area contributed by atoms with Crippen LogP contribution in [-0.4, -0.2) is 19.3 Å². The van der Waals surface area contributed by atoms with Crippen LogP contribution in [0.4, 0.5) is 5.69 Å². The average Bonchev–Trinajstić information content (AvgIpc) is 2.68. The van der Waals surface area contributed by atoms with Crippen LogP contribution in [0, 0.1) is 0 Å². The summed E-state index contributed by atoms with van der Waals surface area (Å²) in [5.74, 6) is 0.670. The van der Waals surface area contributed by atoms with Gasteiger partial charge in [-0.25, -0.2) is 4.79 Å². The van der Waals surface area contributed by atoms with Crippen LogP contribution >= 0.6 is 11.6 Å². The summed E-state index contributed by atoms with van der Waals surface area (Å²) in [6.45, 7) is 0. The topological polar surface area (TPSA) is 47.9 Å². The summed E-state index contributed by atoms with van der Waals surface area (Å²) in [5.41, 5.74) is 1.89. The van der Waals surface area contributed by atoms with Crippen molar-refractivity contribution in [2.45, 2.75) is 0 Å². The Balaban J connectivity index is 1.77. The molecule has 26 heavy (non-hydrogen) atoms. The number of halogens is 1. The van der Waals surface area contributed by atoms with Gasteiger partial charge in [0.1, 0.15) is 11.5 Å². The van der Waals surface area contributed by atoms with Crippen molar-refractivity contribution in [3.8, 4) is 11.5 Å². The van der Waals surface area contributed by atoms with Crippen molar-refractivity contribution >= 4 is 29.5 Å². The molecule has 0 spiro atoms. The van der Waals surface area contributed by atoms with E-state index in [1.165, 1.54) is 0 Å². The van der Waals surface area contributed by atoms with E-state index in [1.54, 1.807) is 61.9 Å². The molecule has 0 atom stereocenters. The van der Waals surface area contributed by atoms with Gasteiger partial charge in [-0.2, -0.15) is 0 Å². The highest BCUT2D eigenvalue weighted by Gasteiger charge is 2.11. The van der Waals surface area contributed by atoms with E-state index in [0.29, 0.717) is 27.6 Å². The highest BCUT2D eigenvalue weighted by Crippen LogP contribution is 2.21. The first-order valence-corrected chi connectivity index (χ1v) is 8.28. The van der Waals surface area contributed by atoms with Gasteiger partial charge < -0.3 is 9.47 Å². The summed E-state index contributed by atoms with van der Waals surface area (Å²) >= 11 is 5.87. The predicted octanol–water partition coefficient (Wildman–Crippen LogP) is 5.32. The van der Waals surface area contributed by atoms with E-state index in [1.807, 2.05) is 24.3 Å². The number of hydrogen-bond acceptors (Lipinski definition) is 4. The maximum atomic E-state index is 12.4. The van der Waals surface area contributed by atoms with Crippen molar-refractivity contribution in [1.29, 1.82) is 0 Å². The molecular weight excluding hydrogens is 350 g/mol. The van der Waals surface area contributed by atoms with E-state index >= 15 is 0 Å². The van der Waals surface area contributed by atoms with E-state index in [4.69, 9.17) is 21.1 Å². The van der Waals surface area contributed by atoms with Crippen LogP contribution in [-0.2, 0) is 0 Å². The molecule has 3 rings (SSSR count). The fourth-order valence-electron chi connectivity index (χ4n) is 2.24. The molecule has 0 aliphatic carbocycles. The van der Waals surface area contributed by atoms with Gasteiger partial charge in [0.25, 0.3) is 0 Å². The SMILES string of the molecule is COc1ccc(C(=O)Oc2ccccc2C=Nc2ccc(Cl)cc2)cc1. The molecule has 0 aromatic heterocycles. The number of aliphatic imine (C=N–C) groups is 1. The smallest absolute Gasteiger partial charge is 0.343 e. The zero-order valence-corrected chi connectivity index (χ0v) is 14.8. The first-order chi connectivity index (χ1) is 12.7. The molecule has 0 bridgehead atoms. The zero-order valence-electron chi connectivity index (χ0n) is 14.1. The molecule has 0 heterocycles. The lowest BCUT2D eigenvalue weighted by atomic mass is 10.2. The molecule has 0 N–H and O–H groups in total. The van der Waals surface area contributed by atoms with Gasteiger partial charge in [0.15, 0.2) is 0 Å². The fraction of sp³-hybridized carbons (Fsp3) is 0.0476. The van der Waals surface area contributed by atoms with Gasteiger partial charge in [-0.1, -0.05) is 23.7 Å². The molecule has 3 aromatic carbocycles. The lowest BCUT2D eigenvalue weighted by Crippen LogP contribution is -2.09. The maximum Gasteiger partial charge on any atom is 0.343 e. The lowest BCUT2D eigenvalue weighted by Gasteiger charge is -2.08. The molecule has 5 heteroatoms. The first-order valence-electron chi connectivity index (χ1n) is 7.90. The Hall–Kier alpha value is -3.11. The quantitative estimate of drug-likeness (QED) is 0.349. The highest BCUT2D eigenvalue weighted by atomic mass is 35.5. The monoisotopic (exact) mass is 365 g/mol. The molecule has 0 aliphatic heterocycles. The third kappa shape index (κ3) is 4.49. The number of rotatable bonds is 5. The Kier molecular flexibility index (Phi) is 5.66. The van der Waals surface area contributed by atoms with Crippen molar-refractivity contribution in [2.75, 3.05) is 7.11 Å². The Bertz CT molecular complexity index is 919. The second-order valence-electron chi connectivity index (χ2n) is 5.39. The summed E-state index contributed by atoms with van der Waals surface area (Å²) in [6.07, 6.45) is 1.65. The van der Waals surface area contributed by atoms with Crippen molar-refractivity contribution in [3.63, 3.8) is 0 Å². The Labute approximate surface area is 156 Å². The van der Waals surface area contributed by atoms with E-state index in [0.717, 1.165) is 5.69 Å². The second-order valence-corrected chi connectivity index (χ2v) is 5.83. The van der Waals surface area contributed by atoms with Crippen LogP contribution < -0.4 is 9.47 Å². The molecule has 130 valence electrons. The van der Waals surface area contributed by atoms with Crippen molar-refractivity contribution in [1.82, 2.24) is 0 Å². The van der Waals surface area contributed by atoms with Crippen molar-refractivity contribution < 1.29 is 14.3 Å². The molecule has 0 saturated carbocycles. The minimum absolute atomic E-state index is 0.436. The number of nitrogens with zero attached hydrogens (tertiary/aromatic N) is 1. The molecule has 0 unspecified atom stereocenters. The van der Waals surface area contributed by atoms with Gasteiger partial charge in [0.05, 0.1) is 18.4 Å². The Morgan fingerprint density at radius 2 is 1.65 bits per heavy atom. The molecule has 0 aliphatic rings. The lowest BCUT2D eigenvalue weighted by molar-refractivity contribution is 0.0734. The summed E-state index contributed by atoms with van der Waals surface area (Å²) in [5, 5.41) is 0.651. The molecular formula is C21H16ClNO3. The fourth-order valence-corrected chi connectivity index (χ4v) is 2.36. The van der Waals surface area contributed by atoms with E-state index in [9.17, 15) is 4.79 Å². The maximum absolute atomic E-state index is 12.4. The number of carbonyl (C=O) groups is 1. The molecule has 0 radical (unpaired) electrons. The Morgan fingerprint density at radius 3 is 2.35 bits per heavy atom. The Morgan fingerprint density at radius 1 is 0.962 bits per heavy atom. The van der Waals surface area contributed by atoms with Crippen LogP contribution in [0.25, 0.3) is 0 Å². The largest absolute Gasteiger partial charge is 0.497 e. The minimum atomic E-state index is -0.444. The zero-order chi connectivity index (χ0) is 18.4. The summed E-state index contributed by atoms with van der Waals surface area (Å²) < 4.78 is 10.6. The van der Waals surface area contributed by atoms with E-state index in [2.05, 4.69) is 4.99 Å². The van der Waals surface area contributed by atoms with E-state index < -0.39 is 5.97 Å². The van der Waals surface area contributed by atoms with Gasteiger partial charge in [0, 0.05) is 16.8 Å². The van der Waals surface area contributed by atoms with Crippen molar-refractivity contribution in [2.24, 2.45) is 4.99 Å². The average molecular weight is 366 g/mol. The number of para-hydroxylation sites is 1. The van der Waals surface area contributed by atoms with Gasteiger partial charge in [-0.15, -0.1) is 0 Å². The molecule has 0 saturated heterocycles. The third-order valence-electron chi connectivity index (χ3n) is 3.63. The number of methoxy groups -OCH3 is 1. The first kappa shape index (κ1) is 17.7. The van der Waals surface area contributed by atoms with Gasteiger partial charge in [-0.3, -0.25) is 4.99 Å². The van der Waals surface area contributed by atoms with Crippen LogP contribution in [0.5, 0.6) is 11.5 Å². The second kappa shape index (κ2) is 8.32. The van der Waals surface area contributed by atoms with Crippen LogP contribution in [0.1, 0.15) is 15.9 Å². The number of carbonyl (C=O) groups excluding carboxylic acids is 1. The normalized spacial score (nSPS) is 10.7. The standard InChI is InChI=1S/C21H16ClNO3/c1-25-19-12-6-15(7-13-19)21(24)26-20-5-3-2-4-16(20)14-23-18-10-8-17(22)9-11-18/h2-14H,1H3. The molecule has 4 nitrogen and oxygen atoms in total. The third-order valence-corrected chi connectivity index (χ3v) is 3.88. The van der Waals surface area contributed by atoms with Gasteiger partial charge in [0.2, 0.25) is 0 Å². The van der Waals surface area contributed by atoms with Gasteiger partial charge in [-0.05, 0) is 60.7 Å². The number of hydrogen-bond donors (Lipinski definition) is 0. The summed E-state index contributed by atoms with van der Waals surface area (Å²) in [7, 11) is 1.57. The van der Waals surface area contributed by atoms with Crippen LogP contribution in [0.15, 0.2) is 77.8 Å². The molecule has 0 amide bonds. The number of ether oxygens (including phenoxy) is 2. The molecule has 0 fully saturated rings. The van der Waals surface area contributed by atoms with E-state index in [-0.39, 0.29) is 0 Å². The summed E-state index contributed by atoms with van der Waals surface area (Å²) in [6, 6.07) is 21.1. The predicted molar refractivity (Wildman–Crippen MR) is 103 cm³/mol. The highest BCUT2D eigenvalue weighted by molar-refractivity contribution is 6.30. The number of benzene rings is 3. The van der Waals surface area contributed by atoms with Gasteiger partial charge >= 0.3 is 5.97 Å². The van der Waals surface area contributed by atoms with Crippen molar-refractivity contribution in [3.05, 3.63) is 88.9 Å². The van der Waals surface area contributed by atoms with Crippen LogP contribution in [0.3, 0.4) is 0 Å².